The van der Waals surface area contributed by atoms with Gasteiger partial charge in [-0.15, -0.1) is 0 Å². The molecule has 3 aromatic rings. The Labute approximate surface area is 163 Å². The average molecular weight is 403 g/mol. The van der Waals surface area contributed by atoms with Gasteiger partial charge < -0.3 is 10.1 Å². The number of alkyl halides is 3. The fourth-order valence-corrected chi connectivity index (χ4v) is 2.53. The molecule has 0 aliphatic heterocycles. The molecule has 0 fully saturated rings. The quantitative estimate of drug-likeness (QED) is 0.652. The van der Waals surface area contributed by atoms with Crippen molar-refractivity contribution in [2.75, 3.05) is 5.32 Å². The molecule has 1 unspecified atom stereocenters. The van der Waals surface area contributed by atoms with Crippen LogP contribution in [0.2, 0.25) is 0 Å². The summed E-state index contributed by atoms with van der Waals surface area (Å²) in [5, 5.41) is 6.22. The van der Waals surface area contributed by atoms with Crippen LogP contribution in [0.25, 0.3) is 5.69 Å². The highest BCUT2D eigenvalue weighted by molar-refractivity contribution is 5.97. The van der Waals surface area contributed by atoms with Crippen molar-refractivity contribution >= 4 is 17.6 Å². The zero-order chi connectivity index (χ0) is 21.0. The molecule has 29 heavy (non-hydrogen) atoms. The Hall–Kier alpha value is -3.62. The summed E-state index contributed by atoms with van der Waals surface area (Å²) in [6.07, 6.45) is -2.58. The summed E-state index contributed by atoms with van der Waals surface area (Å²) < 4.78 is 45.7. The molecule has 0 aliphatic rings. The molecule has 1 amide bonds. The van der Waals surface area contributed by atoms with E-state index in [4.69, 9.17) is 4.74 Å². The summed E-state index contributed by atoms with van der Waals surface area (Å²) in [5.41, 5.74) is -0.477. The zero-order valence-corrected chi connectivity index (χ0v) is 15.2. The summed E-state index contributed by atoms with van der Waals surface area (Å²) >= 11 is 0. The average Bonchev–Trinajstić information content (AvgIpc) is 3.22. The molecule has 6 nitrogen and oxygen atoms in total. The molecule has 0 aliphatic carbocycles. The molecule has 0 saturated heterocycles. The molecule has 1 heterocycles. The van der Waals surface area contributed by atoms with Crippen LogP contribution in [-0.4, -0.2) is 27.8 Å². The number of aromatic nitrogens is 2. The van der Waals surface area contributed by atoms with Crippen molar-refractivity contribution in [2.45, 2.75) is 19.2 Å². The van der Waals surface area contributed by atoms with E-state index in [1.807, 2.05) is 0 Å². The highest BCUT2D eigenvalue weighted by atomic mass is 19.4. The van der Waals surface area contributed by atoms with E-state index in [0.29, 0.717) is 0 Å². The van der Waals surface area contributed by atoms with Gasteiger partial charge in [0.25, 0.3) is 5.91 Å². The monoisotopic (exact) mass is 403 g/mol. The SMILES string of the molecule is CC(OC(=O)c1ccc(-n2cccn2)cc1)C(=O)Nc1ccccc1C(F)(F)F. The number of rotatable bonds is 5. The van der Waals surface area contributed by atoms with Crippen LogP contribution in [-0.2, 0) is 15.7 Å². The normalized spacial score (nSPS) is 12.3. The number of hydrogen-bond acceptors (Lipinski definition) is 4. The number of nitrogens with zero attached hydrogens (tertiary/aromatic N) is 2. The highest BCUT2D eigenvalue weighted by Gasteiger charge is 2.34. The summed E-state index contributed by atoms with van der Waals surface area (Å²) in [6, 6.07) is 12.6. The third kappa shape index (κ3) is 4.81. The fraction of sp³-hybridized carbons (Fsp3) is 0.150. The van der Waals surface area contributed by atoms with Crippen LogP contribution in [0.3, 0.4) is 0 Å². The smallest absolute Gasteiger partial charge is 0.418 e. The van der Waals surface area contributed by atoms with Gasteiger partial charge in [-0.2, -0.15) is 18.3 Å². The van der Waals surface area contributed by atoms with Crippen LogP contribution in [0, 0.1) is 0 Å². The van der Waals surface area contributed by atoms with E-state index in [0.717, 1.165) is 17.8 Å². The van der Waals surface area contributed by atoms with Gasteiger partial charge in [0.2, 0.25) is 0 Å². The lowest BCUT2D eigenvalue weighted by molar-refractivity contribution is -0.137. The minimum Gasteiger partial charge on any atom is -0.449 e. The van der Waals surface area contributed by atoms with Gasteiger partial charge in [0.05, 0.1) is 22.5 Å². The molecule has 9 heteroatoms. The molecule has 0 bridgehead atoms. The first-order valence-electron chi connectivity index (χ1n) is 8.54. The number of nitrogens with one attached hydrogen (secondary N) is 1. The third-order valence-electron chi connectivity index (χ3n) is 4.02. The summed E-state index contributed by atoms with van der Waals surface area (Å²) in [7, 11) is 0. The first-order chi connectivity index (χ1) is 13.8. The summed E-state index contributed by atoms with van der Waals surface area (Å²) in [5.74, 6) is -1.65. The molecular weight excluding hydrogens is 387 g/mol. The number of ether oxygens (including phenoxy) is 1. The van der Waals surface area contributed by atoms with Crippen molar-refractivity contribution in [3.8, 4) is 5.69 Å². The second-order valence-corrected chi connectivity index (χ2v) is 6.08. The van der Waals surface area contributed by atoms with E-state index < -0.39 is 35.4 Å². The number of carbonyl (C=O) groups excluding carboxylic acids is 2. The second kappa shape index (κ2) is 8.17. The van der Waals surface area contributed by atoms with Crippen molar-refractivity contribution in [1.82, 2.24) is 9.78 Å². The van der Waals surface area contributed by atoms with Crippen molar-refractivity contribution in [3.05, 3.63) is 78.1 Å². The lowest BCUT2D eigenvalue weighted by atomic mass is 10.1. The summed E-state index contributed by atoms with van der Waals surface area (Å²) in [4.78, 5) is 24.4. The molecule has 2 aromatic carbocycles. The Balaban J connectivity index is 1.65. The van der Waals surface area contributed by atoms with Gasteiger partial charge in [-0.25, -0.2) is 9.48 Å². The van der Waals surface area contributed by atoms with E-state index in [1.165, 1.54) is 31.2 Å². The predicted molar refractivity (Wildman–Crippen MR) is 98.5 cm³/mol. The maximum Gasteiger partial charge on any atom is 0.418 e. The molecule has 0 radical (unpaired) electrons. The Morgan fingerprint density at radius 2 is 1.76 bits per heavy atom. The standard InChI is InChI=1S/C20H16F3N3O3/c1-13(18(27)25-17-6-3-2-5-16(17)20(21,22)23)29-19(28)14-7-9-15(10-8-14)26-12-4-11-24-26/h2-13H,1H3,(H,25,27). The Kier molecular flexibility index (Phi) is 5.67. The van der Waals surface area contributed by atoms with Crippen molar-refractivity contribution < 1.29 is 27.5 Å². The predicted octanol–water partition coefficient (Wildman–Crippen LogP) is 4.08. The number of anilines is 1. The van der Waals surface area contributed by atoms with Crippen LogP contribution in [0.1, 0.15) is 22.8 Å². The van der Waals surface area contributed by atoms with E-state index in [1.54, 1.807) is 35.3 Å². The van der Waals surface area contributed by atoms with E-state index in [-0.39, 0.29) is 5.56 Å². The van der Waals surface area contributed by atoms with Gasteiger partial charge in [-0.05, 0) is 49.4 Å². The molecule has 0 spiro atoms. The van der Waals surface area contributed by atoms with Crippen molar-refractivity contribution in [1.29, 1.82) is 0 Å². The molecule has 3 rings (SSSR count). The number of benzene rings is 2. The minimum absolute atomic E-state index is 0.191. The number of esters is 1. The van der Waals surface area contributed by atoms with Crippen molar-refractivity contribution in [2.24, 2.45) is 0 Å². The number of hydrogen-bond donors (Lipinski definition) is 1. The Bertz CT molecular complexity index is 1000. The first-order valence-corrected chi connectivity index (χ1v) is 8.54. The lowest BCUT2D eigenvalue weighted by Gasteiger charge is -2.17. The highest BCUT2D eigenvalue weighted by Crippen LogP contribution is 2.34. The molecule has 1 aromatic heterocycles. The molecule has 1 N–H and O–H groups in total. The number of carbonyl (C=O) groups is 2. The van der Waals surface area contributed by atoms with Gasteiger partial charge in [0.1, 0.15) is 0 Å². The van der Waals surface area contributed by atoms with Gasteiger partial charge in [0, 0.05) is 12.4 Å². The maximum atomic E-state index is 13.0. The van der Waals surface area contributed by atoms with Crippen LogP contribution in [0.5, 0.6) is 0 Å². The molecule has 1 atom stereocenters. The molecule has 150 valence electrons. The molecular formula is C20H16F3N3O3. The van der Waals surface area contributed by atoms with E-state index in [2.05, 4.69) is 10.4 Å². The third-order valence-corrected chi connectivity index (χ3v) is 4.02. The first kappa shape index (κ1) is 20.1. The van der Waals surface area contributed by atoms with Gasteiger partial charge >= 0.3 is 12.1 Å². The maximum absolute atomic E-state index is 13.0. The van der Waals surface area contributed by atoms with Gasteiger partial charge in [-0.1, -0.05) is 12.1 Å². The van der Waals surface area contributed by atoms with Crippen LogP contribution >= 0.6 is 0 Å². The number of para-hydroxylation sites is 1. The van der Waals surface area contributed by atoms with Gasteiger partial charge in [-0.3, -0.25) is 4.79 Å². The van der Waals surface area contributed by atoms with E-state index in [9.17, 15) is 22.8 Å². The topological polar surface area (TPSA) is 73.2 Å². The van der Waals surface area contributed by atoms with Gasteiger partial charge in [0.15, 0.2) is 6.10 Å². The number of halogens is 3. The Morgan fingerprint density at radius 1 is 1.07 bits per heavy atom. The van der Waals surface area contributed by atoms with Crippen molar-refractivity contribution in [3.63, 3.8) is 0 Å². The summed E-state index contributed by atoms with van der Waals surface area (Å²) in [6.45, 7) is 1.28. The largest absolute Gasteiger partial charge is 0.449 e. The second-order valence-electron chi connectivity index (χ2n) is 6.08. The van der Waals surface area contributed by atoms with Crippen LogP contribution < -0.4 is 5.32 Å². The number of amides is 1. The zero-order valence-electron chi connectivity index (χ0n) is 15.2. The Morgan fingerprint density at radius 3 is 2.38 bits per heavy atom. The molecule has 0 saturated carbocycles. The van der Waals surface area contributed by atoms with Crippen LogP contribution in [0.4, 0.5) is 18.9 Å². The van der Waals surface area contributed by atoms with Crippen LogP contribution in [0.15, 0.2) is 67.0 Å². The van der Waals surface area contributed by atoms with E-state index >= 15 is 0 Å². The minimum atomic E-state index is -4.62. The fourth-order valence-electron chi connectivity index (χ4n) is 2.53. The lowest BCUT2D eigenvalue weighted by Crippen LogP contribution is -2.30.